The van der Waals surface area contributed by atoms with Crippen molar-refractivity contribution in [2.45, 2.75) is 39.3 Å². The number of amidine groups is 1. The van der Waals surface area contributed by atoms with E-state index in [4.69, 9.17) is 5.73 Å². The summed E-state index contributed by atoms with van der Waals surface area (Å²) in [5.41, 5.74) is 12.5. The monoisotopic (exact) mass is 532 g/mol. The smallest absolute Gasteiger partial charge is 0.282 e. The average molecular weight is 533 g/mol. The maximum Gasteiger partial charge on any atom is 0.282 e. The van der Waals surface area contributed by atoms with Crippen LogP contribution in [0.3, 0.4) is 0 Å². The molecule has 2 heterocycles. The molecule has 6 nitrogen and oxygen atoms in total. The Morgan fingerprint density at radius 2 is 1.70 bits per heavy atom. The number of hydrogen-bond acceptors (Lipinski definition) is 5. The zero-order valence-corrected chi connectivity index (χ0v) is 22.6. The first-order valence-electron chi connectivity index (χ1n) is 13.2. The summed E-state index contributed by atoms with van der Waals surface area (Å²) in [6, 6.07) is 22.6. The number of aliphatic hydroxyl groups excluding tert-OH is 1. The van der Waals surface area contributed by atoms with Gasteiger partial charge in [0, 0.05) is 16.5 Å². The van der Waals surface area contributed by atoms with Crippen molar-refractivity contribution in [2.75, 3.05) is 0 Å². The second-order valence-corrected chi connectivity index (χ2v) is 11.1. The molecule has 0 saturated carbocycles. The van der Waals surface area contributed by atoms with Crippen LogP contribution < -0.4 is 11.3 Å². The van der Waals surface area contributed by atoms with Crippen molar-refractivity contribution in [3.05, 3.63) is 117 Å². The van der Waals surface area contributed by atoms with Gasteiger partial charge in [0.25, 0.3) is 5.56 Å². The minimum atomic E-state index is -0.592. The number of aliphatic imine (C=N–C) groups is 1. The number of nitrogens with two attached hydrogens (primary N) is 1. The van der Waals surface area contributed by atoms with E-state index in [0.717, 1.165) is 38.9 Å². The topological polar surface area (TPSA) is 93.5 Å². The molecule has 5 aromatic rings. The van der Waals surface area contributed by atoms with E-state index in [2.05, 4.69) is 16.2 Å². The van der Waals surface area contributed by atoms with Crippen molar-refractivity contribution < 1.29 is 9.50 Å². The second kappa shape index (κ2) is 9.54. The Hall–Kier alpha value is -4.62. The van der Waals surface area contributed by atoms with Gasteiger partial charge in [-0.1, -0.05) is 63.2 Å². The molecule has 0 bridgehead atoms. The summed E-state index contributed by atoms with van der Waals surface area (Å²) in [6.07, 6.45) is 1.50. The summed E-state index contributed by atoms with van der Waals surface area (Å²) in [4.78, 5) is 18.1. The molecule has 200 valence electrons. The minimum Gasteiger partial charge on any atom is -0.392 e. The summed E-state index contributed by atoms with van der Waals surface area (Å²) >= 11 is 0. The van der Waals surface area contributed by atoms with Gasteiger partial charge in [0.05, 0.1) is 30.4 Å². The van der Waals surface area contributed by atoms with Gasteiger partial charge in [-0.2, -0.15) is 9.78 Å². The lowest BCUT2D eigenvalue weighted by molar-refractivity contribution is 0.282. The molecule has 1 aliphatic rings. The van der Waals surface area contributed by atoms with Gasteiger partial charge in [-0.25, -0.2) is 4.39 Å². The zero-order valence-electron chi connectivity index (χ0n) is 22.6. The molecule has 7 heteroatoms. The molecular formula is C33H29FN4O2. The Morgan fingerprint density at radius 1 is 0.950 bits per heavy atom. The van der Waals surface area contributed by atoms with Crippen LogP contribution in [0.2, 0.25) is 0 Å². The van der Waals surface area contributed by atoms with Gasteiger partial charge in [0.2, 0.25) is 0 Å². The highest BCUT2D eigenvalue weighted by Gasteiger charge is 2.23. The molecule has 0 spiro atoms. The molecule has 0 amide bonds. The fourth-order valence-electron chi connectivity index (χ4n) is 5.40. The van der Waals surface area contributed by atoms with Crippen molar-refractivity contribution in [3.63, 3.8) is 0 Å². The maximum absolute atomic E-state index is 15.3. The maximum atomic E-state index is 15.3. The number of aliphatic hydroxyl groups is 1. The lowest BCUT2D eigenvalue weighted by Crippen LogP contribution is -2.24. The van der Waals surface area contributed by atoms with E-state index < -0.39 is 11.4 Å². The van der Waals surface area contributed by atoms with E-state index in [-0.39, 0.29) is 17.4 Å². The van der Waals surface area contributed by atoms with Gasteiger partial charge >= 0.3 is 0 Å². The van der Waals surface area contributed by atoms with Crippen LogP contribution in [0.25, 0.3) is 38.7 Å². The van der Waals surface area contributed by atoms with Gasteiger partial charge in [-0.15, -0.1) is 0 Å². The van der Waals surface area contributed by atoms with E-state index in [0.29, 0.717) is 29.0 Å². The van der Waals surface area contributed by atoms with Crippen LogP contribution in [-0.4, -0.2) is 20.7 Å². The molecule has 0 fully saturated rings. The summed E-state index contributed by atoms with van der Waals surface area (Å²) in [5.74, 6) is -0.126. The van der Waals surface area contributed by atoms with Gasteiger partial charge in [0.1, 0.15) is 11.7 Å². The summed E-state index contributed by atoms with van der Waals surface area (Å²) in [5, 5.41) is 15.4. The van der Waals surface area contributed by atoms with E-state index in [1.54, 1.807) is 12.1 Å². The number of hydrogen-bond donors (Lipinski definition) is 2. The summed E-state index contributed by atoms with van der Waals surface area (Å²) in [6.45, 7) is 6.11. The van der Waals surface area contributed by atoms with Crippen LogP contribution in [0.4, 0.5) is 4.39 Å². The molecule has 4 aromatic carbocycles. The first-order chi connectivity index (χ1) is 19.2. The molecule has 0 atom stereocenters. The number of fused-ring (bicyclic) bond motifs is 2. The highest BCUT2D eigenvalue weighted by Crippen LogP contribution is 2.37. The third-order valence-corrected chi connectivity index (χ3v) is 7.57. The van der Waals surface area contributed by atoms with Crippen LogP contribution in [0.5, 0.6) is 0 Å². The normalized spacial score (nSPS) is 13.0. The Balaban J connectivity index is 1.56. The predicted octanol–water partition coefficient (Wildman–Crippen LogP) is 5.87. The van der Waals surface area contributed by atoms with Crippen molar-refractivity contribution in [3.8, 4) is 27.9 Å². The van der Waals surface area contributed by atoms with Gasteiger partial charge in [-0.3, -0.25) is 9.79 Å². The molecule has 1 aliphatic heterocycles. The number of aromatic nitrogens is 2. The van der Waals surface area contributed by atoms with Gasteiger partial charge in [-0.05, 0) is 69.1 Å². The van der Waals surface area contributed by atoms with Gasteiger partial charge < -0.3 is 10.8 Å². The fourth-order valence-corrected chi connectivity index (χ4v) is 5.40. The molecule has 6 rings (SSSR count). The van der Waals surface area contributed by atoms with Crippen LogP contribution in [-0.2, 0) is 18.6 Å². The van der Waals surface area contributed by atoms with E-state index in [1.807, 2.05) is 69.3 Å². The largest absolute Gasteiger partial charge is 0.392 e. The van der Waals surface area contributed by atoms with Crippen molar-refractivity contribution in [1.82, 2.24) is 9.78 Å². The minimum absolute atomic E-state index is 0.0369. The van der Waals surface area contributed by atoms with E-state index in [1.165, 1.54) is 16.9 Å². The number of halogens is 1. The highest BCUT2D eigenvalue weighted by molar-refractivity contribution is 6.04. The van der Waals surface area contributed by atoms with Crippen LogP contribution >= 0.6 is 0 Å². The predicted molar refractivity (Wildman–Crippen MR) is 157 cm³/mol. The number of nitrogens with zero attached hydrogens (tertiary/aromatic N) is 3. The molecule has 0 saturated heterocycles. The Morgan fingerprint density at radius 3 is 2.42 bits per heavy atom. The van der Waals surface area contributed by atoms with Crippen LogP contribution in [0, 0.1) is 5.82 Å². The van der Waals surface area contributed by atoms with Crippen molar-refractivity contribution in [2.24, 2.45) is 10.7 Å². The highest BCUT2D eigenvalue weighted by atomic mass is 19.1. The SMILES string of the molecule is CC(C)(C)c1cc(F)c2c(=O)n(-c3cccc(-c4cc5c(c(-c6ccccc6)c4)CN=C5N)c3CO)ncc2c1. The number of rotatable bonds is 4. The van der Waals surface area contributed by atoms with E-state index >= 15 is 4.39 Å². The third-order valence-electron chi connectivity index (χ3n) is 7.57. The lowest BCUT2D eigenvalue weighted by atomic mass is 9.86. The average Bonchev–Trinajstić information content (AvgIpc) is 3.32. The standard InChI is InChI=1S/C33H29FN4O2/c1-33(2,3)22-12-21-16-37-38(32(40)30(21)28(34)15-22)29-11-7-10-23(27(29)18-39)20-13-24(19-8-5-4-6-9-19)26-17-36-31(35)25(26)14-20/h4-16,39H,17-18H2,1-3H3,(H2,35,36). The van der Waals surface area contributed by atoms with Crippen LogP contribution in [0.1, 0.15) is 43.0 Å². The Kier molecular flexibility index (Phi) is 6.11. The first kappa shape index (κ1) is 25.6. The lowest BCUT2D eigenvalue weighted by Gasteiger charge is -2.20. The van der Waals surface area contributed by atoms with Crippen molar-refractivity contribution in [1.29, 1.82) is 0 Å². The molecule has 1 aromatic heterocycles. The van der Waals surface area contributed by atoms with Gasteiger partial charge in [0.15, 0.2) is 0 Å². The molecule has 0 aliphatic carbocycles. The number of benzene rings is 4. The third kappa shape index (κ3) is 4.19. The quantitative estimate of drug-likeness (QED) is 0.303. The Bertz CT molecular complexity index is 1890. The molecule has 0 radical (unpaired) electrons. The van der Waals surface area contributed by atoms with E-state index in [9.17, 15) is 9.90 Å². The second-order valence-electron chi connectivity index (χ2n) is 11.1. The zero-order chi connectivity index (χ0) is 28.2. The Labute approximate surface area is 231 Å². The summed E-state index contributed by atoms with van der Waals surface area (Å²) < 4.78 is 16.5. The van der Waals surface area contributed by atoms with Crippen LogP contribution in [0.15, 0.2) is 88.8 Å². The van der Waals surface area contributed by atoms with Crippen molar-refractivity contribution >= 4 is 16.6 Å². The summed E-state index contributed by atoms with van der Waals surface area (Å²) in [7, 11) is 0. The molecule has 40 heavy (non-hydrogen) atoms. The molecule has 3 N–H and O–H groups in total. The molecular weight excluding hydrogens is 503 g/mol. The molecule has 0 unspecified atom stereocenters. The fraction of sp³-hybridized carbons (Fsp3) is 0.182. The first-order valence-corrected chi connectivity index (χ1v) is 13.2.